The molecule has 0 saturated carbocycles. The fourth-order valence-corrected chi connectivity index (χ4v) is 1.84. The second-order valence-electron chi connectivity index (χ2n) is 3.88. The van der Waals surface area contributed by atoms with Gasteiger partial charge in [-0.25, -0.2) is 15.4 Å². The minimum absolute atomic E-state index is 0.0491. The number of hydrazine groups is 1. The first-order valence-electron chi connectivity index (χ1n) is 5.10. The average Bonchev–Trinajstić information content (AvgIpc) is 2.48. The predicted molar refractivity (Wildman–Crippen MR) is 56.0 cm³/mol. The maximum absolute atomic E-state index is 11.9. The Morgan fingerprint density at radius 1 is 1.50 bits per heavy atom. The van der Waals surface area contributed by atoms with E-state index in [-0.39, 0.29) is 5.92 Å². The number of nitrogens with zero attached hydrogens (tertiary/aromatic N) is 2. The molecule has 5 amide bonds. The van der Waals surface area contributed by atoms with Crippen molar-refractivity contribution in [3.8, 4) is 0 Å². The highest BCUT2D eigenvalue weighted by Gasteiger charge is 2.48. The van der Waals surface area contributed by atoms with Gasteiger partial charge in [0.05, 0.1) is 0 Å². The van der Waals surface area contributed by atoms with Gasteiger partial charge in [-0.3, -0.25) is 10.2 Å². The van der Waals surface area contributed by atoms with Gasteiger partial charge >= 0.3 is 12.1 Å². The molecular formula is C9H16N4O3. The zero-order valence-corrected chi connectivity index (χ0v) is 9.56. The highest BCUT2D eigenvalue weighted by molar-refractivity contribution is 6.15. The fraction of sp³-hybridized carbons (Fsp3) is 0.667. The Balaban J connectivity index is 3.05. The van der Waals surface area contributed by atoms with Gasteiger partial charge in [-0.1, -0.05) is 13.8 Å². The molecule has 0 aromatic rings. The third kappa shape index (κ3) is 1.73. The number of amides is 5. The molecule has 1 atom stereocenters. The van der Waals surface area contributed by atoms with Crippen LogP contribution in [0.5, 0.6) is 0 Å². The highest BCUT2D eigenvalue weighted by atomic mass is 16.2. The van der Waals surface area contributed by atoms with E-state index in [1.807, 2.05) is 13.8 Å². The number of nitrogens with two attached hydrogens (primary N) is 1. The molecule has 0 bridgehead atoms. The number of carbonyl (C=O) groups excluding carboxylic acids is 3. The fourth-order valence-electron chi connectivity index (χ4n) is 1.84. The quantitative estimate of drug-likeness (QED) is 0.298. The van der Waals surface area contributed by atoms with Crippen molar-refractivity contribution in [1.29, 1.82) is 0 Å². The van der Waals surface area contributed by atoms with Crippen LogP contribution >= 0.6 is 0 Å². The summed E-state index contributed by atoms with van der Waals surface area (Å²) in [5.41, 5.74) is 1.79. The molecule has 1 fully saturated rings. The van der Waals surface area contributed by atoms with Crippen LogP contribution in [-0.2, 0) is 4.79 Å². The Labute approximate surface area is 93.5 Å². The maximum Gasteiger partial charge on any atom is 0.346 e. The summed E-state index contributed by atoms with van der Waals surface area (Å²) in [7, 11) is 0. The number of hydrogen-bond donors (Lipinski definition) is 2. The first-order valence-corrected chi connectivity index (χ1v) is 5.10. The van der Waals surface area contributed by atoms with Crippen LogP contribution in [0.25, 0.3) is 0 Å². The van der Waals surface area contributed by atoms with Crippen molar-refractivity contribution in [3.63, 3.8) is 0 Å². The van der Waals surface area contributed by atoms with Gasteiger partial charge in [-0.05, 0) is 12.8 Å². The van der Waals surface area contributed by atoms with E-state index in [0.29, 0.717) is 11.4 Å². The molecule has 7 heteroatoms. The van der Waals surface area contributed by atoms with Gasteiger partial charge in [0.2, 0.25) is 0 Å². The number of likely N-dealkylation sites (N-methyl/N-ethyl adjacent to an activating group) is 1. The third-order valence-corrected chi connectivity index (χ3v) is 2.54. The standard InChI is InChI=1S/C9H16N4O3/c1-4-12-6(5(2)3)7(14)13(9(12)16)8(15)11-10/h5-6H,4,10H2,1-3H3,(H,11,15). The van der Waals surface area contributed by atoms with Gasteiger partial charge in [0.25, 0.3) is 5.91 Å². The molecule has 90 valence electrons. The van der Waals surface area contributed by atoms with Crippen LogP contribution in [0.2, 0.25) is 0 Å². The molecule has 1 heterocycles. The summed E-state index contributed by atoms with van der Waals surface area (Å²) < 4.78 is 0. The summed E-state index contributed by atoms with van der Waals surface area (Å²) in [5.74, 6) is 4.35. The van der Waals surface area contributed by atoms with E-state index in [1.165, 1.54) is 4.90 Å². The topological polar surface area (TPSA) is 95.7 Å². The van der Waals surface area contributed by atoms with Crippen LogP contribution in [0.3, 0.4) is 0 Å². The lowest BCUT2D eigenvalue weighted by molar-refractivity contribution is -0.127. The van der Waals surface area contributed by atoms with E-state index >= 15 is 0 Å². The molecule has 0 aromatic heterocycles. The minimum atomic E-state index is -0.892. The molecule has 0 aliphatic carbocycles. The van der Waals surface area contributed by atoms with Crippen molar-refractivity contribution in [3.05, 3.63) is 0 Å². The Bertz CT molecular complexity index is 329. The van der Waals surface area contributed by atoms with Gasteiger partial charge in [0.1, 0.15) is 6.04 Å². The van der Waals surface area contributed by atoms with Crippen LogP contribution in [0.15, 0.2) is 0 Å². The molecule has 1 aliphatic heterocycles. The number of carbonyl (C=O) groups is 3. The lowest BCUT2D eigenvalue weighted by atomic mass is 10.0. The number of urea groups is 2. The molecule has 0 aromatic carbocycles. The molecular weight excluding hydrogens is 212 g/mol. The maximum atomic E-state index is 11.9. The van der Waals surface area contributed by atoms with Crippen molar-refractivity contribution in [2.45, 2.75) is 26.8 Å². The van der Waals surface area contributed by atoms with Gasteiger partial charge in [-0.2, -0.15) is 4.90 Å². The Hall–Kier alpha value is -1.63. The molecule has 0 spiro atoms. The largest absolute Gasteiger partial charge is 0.346 e. The van der Waals surface area contributed by atoms with Crippen LogP contribution < -0.4 is 11.3 Å². The molecule has 7 nitrogen and oxygen atoms in total. The number of imide groups is 3. The summed E-state index contributed by atoms with van der Waals surface area (Å²) >= 11 is 0. The molecule has 3 N–H and O–H groups in total. The van der Waals surface area contributed by atoms with E-state index in [0.717, 1.165) is 0 Å². The Morgan fingerprint density at radius 3 is 2.38 bits per heavy atom. The van der Waals surface area contributed by atoms with Gasteiger partial charge < -0.3 is 4.90 Å². The molecule has 1 saturated heterocycles. The van der Waals surface area contributed by atoms with Crippen molar-refractivity contribution in [2.24, 2.45) is 11.8 Å². The predicted octanol–water partition coefficient (Wildman–Crippen LogP) is -0.122. The van der Waals surface area contributed by atoms with Gasteiger partial charge in [0, 0.05) is 6.54 Å². The average molecular weight is 228 g/mol. The van der Waals surface area contributed by atoms with E-state index in [9.17, 15) is 14.4 Å². The van der Waals surface area contributed by atoms with Gasteiger partial charge in [-0.15, -0.1) is 0 Å². The van der Waals surface area contributed by atoms with Crippen molar-refractivity contribution in [1.82, 2.24) is 15.2 Å². The SMILES string of the molecule is CCN1C(=O)N(C(=O)NN)C(=O)C1C(C)C. The summed E-state index contributed by atoms with van der Waals surface area (Å²) in [6.45, 7) is 5.77. The van der Waals surface area contributed by atoms with Crippen molar-refractivity contribution in [2.75, 3.05) is 6.54 Å². The van der Waals surface area contributed by atoms with Crippen molar-refractivity contribution < 1.29 is 14.4 Å². The first-order chi connectivity index (χ1) is 7.45. The number of hydrogen-bond acceptors (Lipinski definition) is 4. The Kier molecular flexibility index (Phi) is 3.48. The van der Waals surface area contributed by atoms with Crippen molar-refractivity contribution >= 4 is 18.0 Å². The summed E-state index contributed by atoms with van der Waals surface area (Å²) in [6.07, 6.45) is 0. The summed E-state index contributed by atoms with van der Waals surface area (Å²) in [6, 6.07) is -2.10. The molecule has 0 radical (unpaired) electrons. The van der Waals surface area contributed by atoms with Gasteiger partial charge in [0.15, 0.2) is 0 Å². The van der Waals surface area contributed by atoms with Crippen LogP contribution in [0.1, 0.15) is 20.8 Å². The molecule has 1 unspecified atom stereocenters. The normalized spacial score (nSPS) is 20.9. The monoisotopic (exact) mass is 228 g/mol. The van der Waals surface area contributed by atoms with E-state index in [4.69, 9.17) is 5.84 Å². The van der Waals surface area contributed by atoms with E-state index < -0.39 is 24.0 Å². The molecule has 1 rings (SSSR count). The zero-order valence-electron chi connectivity index (χ0n) is 9.56. The second kappa shape index (κ2) is 4.48. The van der Waals surface area contributed by atoms with E-state index in [1.54, 1.807) is 12.3 Å². The molecule has 16 heavy (non-hydrogen) atoms. The lowest BCUT2D eigenvalue weighted by Gasteiger charge is -2.22. The first kappa shape index (κ1) is 12.4. The lowest BCUT2D eigenvalue weighted by Crippen LogP contribution is -2.47. The van der Waals surface area contributed by atoms with Crippen LogP contribution in [0.4, 0.5) is 9.59 Å². The Morgan fingerprint density at radius 2 is 2.06 bits per heavy atom. The van der Waals surface area contributed by atoms with Crippen LogP contribution in [-0.4, -0.2) is 40.4 Å². The van der Waals surface area contributed by atoms with E-state index in [2.05, 4.69) is 0 Å². The number of rotatable bonds is 2. The summed E-state index contributed by atoms with van der Waals surface area (Å²) in [5, 5.41) is 0. The zero-order chi connectivity index (χ0) is 12.5. The highest BCUT2D eigenvalue weighted by Crippen LogP contribution is 2.23. The summed E-state index contributed by atoms with van der Waals surface area (Å²) in [4.78, 5) is 36.9. The second-order valence-corrected chi connectivity index (χ2v) is 3.88. The molecule has 1 aliphatic rings. The smallest absolute Gasteiger partial charge is 0.312 e. The minimum Gasteiger partial charge on any atom is -0.312 e. The number of nitrogens with one attached hydrogen (secondary N) is 1. The third-order valence-electron chi connectivity index (χ3n) is 2.54. The van der Waals surface area contributed by atoms with Crippen LogP contribution in [0, 0.1) is 5.92 Å².